The first kappa shape index (κ1) is 17.2. The SMILES string of the molecule is Cc1cc(-c2ccccc2)nc(SCC(=O)N[C@H](C)c2ccco2)n1. The topological polar surface area (TPSA) is 68.0 Å². The highest BCUT2D eigenvalue weighted by Gasteiger charge is 2.13. The molecule has 1 amide bonds. The van der Waals surface area contributed by atoms with E-state index in [4.69, 9.17) is 4.42 Å². The van der Waals surface area contributed by atoms with Gasteiger partial charge in [-0.05, 0) is 32.0 Å². The summed E-state index contributed by atoms with van der Waals surface area (Å²) in [5.74, 6) is 0.903. The summed E-state index contributed by atoms with van der Waals surface area (Å²) in [7, 11) is 0. The third kappa shape index (κ3) is 4.70. The second kappa shape index (κ2) is 7.98. The number of nitrogens with zero attached hydrogens (tertiary/aromatic N) is 2. The second-order valence-corrected chi connectivity index (χ2v) is 6.58. The van der Waals surface area contributed by atoms with Crippen molar-refractivity contribution in [1.82, 2.24) is 15.3 Å². The molecule has 0 fully saturated rings. The van der Waals surface area contributed by atoms with Crippen molar-refractivity contribution < 1.29 is 9.21 Å². The number of aryl methyl sites for hydroxylation is 1. The van der Waals surface area contributed by atoms with Crippen molar-refractivity contribution in [2.45, 2.75) is 25.0 Å². The van der Waals surface area contributed by atoms with Crippen LogP contribution in [0.2, 0.25) is 0 Å². The van der Waals surface area contributed by atoms with Crippen molar-refractivity contribution in [3.8, 4) is 11.3 Å². The second-order valence-electron chi connectivity index (χ2n) is 5.64. The van der Waals surface area contributed by atoms with Crippen LogP contribution < -0.4 is 5.32 Å². The van der Waals surface area contributed by atoms with E-state index in [-0.39, 0.29) is 17.7 Å². The monoisotopic (exact) mass is 353 g/mol. The molecule has 0 saturated heterocycles. The zero-order chi connectivity index (χ0) is 17.6. The summed E-state index contributed by atoms with van der Waals surface area (Å²) in [5, 5.41) is 3.50. The van der Waals surface area contributed by atoms with Gasteiger partial charge in [-0.1, -0.05) is 42.1 Å². The summed E-state index contributed by atoms with van der Waals surface area (Å²) in [6.07, 6.45) is 1.60. The molecule has 0 spiro atoms. The Kier molecular flexibility index (Phi) is 5.50. The van der Waals surface area contributed by atoms with Crippen molar-refractivity contribution in [2.24, 2.45) is 0 Å². The zero-order valence-corrected chi connectivity index (χ0v) is 14.9. The van der Waals surface area contributed by atoms with Gasteiger partial charge >= 0.3 is 0 Å². The van der Waals surface area contributed by atoms with Gasteiger partial charge in [0.1, 0.15) is 5.76 Å². The van der Waals surface area contributed by atoms with Gasteiger partial charge in [-0.15, -0.1) is 0 Å². The molecule has 0 aliphatic carbocycles. The summed E-state index contributed by atoms with van der Waals surface area (Å²) in [4.78, 5) is 21.1. The number of rotatable bonds is 6. The molecule has 0 radical (unpaired) electrons. The molecule has 25 heavy (non-hydrogen) atoms. The number of amides is 1. The van der Waals surface area contributed by atoms with Gasteiger partial charge in [-0.2, -0.15) is 0 Å². The van der Waals surface area contributed by atoms with Crippen LogP contribution in [0.15, 0.2) is 64.4 Å². The molecule has 0 bridgehead atoms. The number of benzene rings is 1. The Balaban J connectivity index is 1.63. The Morgan fingerprint density at radius 1 is 1.20 bits per heavy atom. The van der Waals surface area contributed by atoms with Crippen molar-refractivity contribution in [2.75, 3.05) is 5.75 Å². The minimum Gasteiger partial charge on any atom is -0.467 e. The zero-order valence-electron chi connectivity index (χ0n) is 14.1. The largest absolute Gasteiger partial charge is 0.467 e. The molecule has 128 valence electrons. The number of furan rings is 1. The first-order valence-corrected chi connectivity index (χ1v) is 8.97. The highest BCUT2D eigenvalue weighted by atomic mass is 32.2. The van der Waals surface area contributed by atoms with Gasteiger partial charge in [-0.3, -0.25) is 4.79 Å². The maximum absolute atomic E-state index is 12.1. The van der Waals surface area contributed by atoms with Crippen LogP contribution in [0, 0.1) is 6.92 Å². The molecular weight excluding hydrogens is 334 g/mol. The first-order chi connectivity index (χ1) is 12.1. The fraction of sp³-hybridized carbons (Fsp3) is 0.211. The lowest BCUT2D eigenvalue weighted by molar-refractivity contribution is -0.119. The Hall–Kier alpha value is -2.60. The summed E-state index contributed by atoms with van der Waals surface area (Å²) in [6, 6.07) is 15.4. The van der Waals surface area contributed by atoms with E-state index in [1.807, 2.05) is 56.3 Å². The molecule has 1 N–H and O–H groups in total. The van der Waals surface area contributed by atoms with E-state index in [9.17, 15) is 4.79 Å². The summed E-state index contributed by atoms with van der Waals surface area (Å²) in [6.45, 7) is 3.81. The van der Waals surface area contributed by atoms with Crippen LogP contribution in [-0.2, 0) is 4.79 Å². The van der Waals surface area contributed by atoms with Gasteiger partial charge in [0.05, 0.1) is 23.8 Å². The minimum absolute atomic E-state index is 0.0831. The average Bonchev–Trinajstić information content (AvgIpc) is 3.15. The lowest BCUT2D eigenvalue weighted by Crippen LogP contribution is -2.28. The fourth-order valence-corrected chi connectivity index (χ4v) is 3.10. The van der Waals surface area contributed by atoms with Crippen molar-refractivity contribution in [3.05, 3.63) is 66.2 Å². The number of aromatic nitrogens is 2. The van der Waals surface area contributed by atoms with Crippen molar-refractivity contribution in [1.29, 1.82) is 0 Å². The summed E-state index contributed by atoms with van der Waals surface area (Å²) < 4.78 is 5.29. The highest BCUT2D eigenvalue weighted by molar-refractivity contribution is 7.99. The van der Waals surface area contributed by atoms with Gasteiger partial charge < -0.3 is 9.73 Å². The Morgan fingerprint density at radius 3 is 2.72 bits per heavy atom. The average molecular weight is 353 g/mol. The van der Waals surface area contributed by atoms with E-state index < -0.39 is 0 Å². The van der Waals surface area contributed by atoms with Crippen LogP contribution in [-0.4, -0.2) is 21.6 Å². The van der Waals surface area contributed by atoms with Crippen molar-refractivity contribution in [3.63, 3.8) is 0 Å². The van der Waals surface area contributed by atoms with Gasteiger partial charge in [0, 0.05) is 11.3 Å². The molecule has 1 atom stereocenters. The van der Waals surface area contributed by atoms with Gasteiger partial charge in [-0.25, -0.2) is 9.97 Å². The lowest BCUT2D eigenvalue weighted by atomic mass is 10.1. The number of thioether (sulfide) groups is 1. The molecular formula is C19H19N3O2S. The van der Waals surface area contributed by atoms with E-state index in [0.717, 1.165) is 22.7 Å². The molecule has 0 aliphatic heterocycles. The molecule has 1 aromatic carbocycles. The van der Waals surface area contributed by atoms with E-state index in [1.165, 1.54) is 11.8 Å². The minimum atomic E-state index is -0.165. The lowest BCUT2D eigenvalue weighted by Gasteiger charge is -2.11. The van der Waals surface area contributed by atoms with Crippen LogP contribution in [0.1, 0.15) is 24.4 Å². The molecule has 5 nitrogen and oxygen atoms in total. The van der Waals surface area contributed by atoms with Gasteiger partial charge in [0.15, 0.2) is 5.16 Å². The number of hydrogen-bond donors (Lipinski definition) is 1. The van der Waals surface area contributed by atoms with Crippen LogP contribution in [0.25, 0.3) is 11.3 Å². The fourth-order valence-electron chi connectivity index (χ4n) is 2.38. The van der Waals surface area contributed by atoms with Gasteiger partial charge in [0.25, 0.3) is 0 Å². The predicted octanol–water partition coefficient (Wildman–Crippen LogP) is 4.01. The normalized spacial score (nSPS) is 11.9. The third-order valence-corrected chi connectivity index (χ3v) is 4.43. The highest BCUT2D eigenvalue weighted by Crippen LogP contribution is 2.21. The standard InChI is InChI=1S/C19H19N3O2S/c1-13-11-16(15-7-4-3-5-8-15)22-19(20-13)25-12-18(23)21-14(2)17-9-6-10-24-17/h3-11,14H,12H2,1-2H3,(H,21,23)/t14-/m1/s1. The quantitative estimate of drug-likeness (QED) is 0.535. The van der Waals surface area contributed by atoms with Crippen LogP contribution in [0.3, 0.4) is 0 Å². The summed E-state index contributed by atoms with van der Waals surface area (Å²) >= 11 is 1.33. The van der Waals surface area contributed by atoms with Gasteiger partial charge in [0.2, 0.25) is 5.91 Å². The number of carbonyl (C=O) groups excluding carboxylic acids is 1. The molecule has 3 aromatic rings. The summed E-state index contributed by atoms with van der Waals surface area (Å²) in [5.41, 5.74) is 2.77. The maximum atomic E-state index is 12.1. The molecule has 0 saturated carbocycles. The smallest absolute Gasteiger partial charge is 0.231 e. The Morgan fingerprint density at radius 2 is 2.00 bits per heavy atom. The molecule has 6 heteroatoms. The third-order valence-electron chi connectivity index (χ3n) is 3.58. The Labute approximate surface area is 150 Å². The van der Waals surface area contributed by atoms with Crippen LogP contribution in [0.4, 0.5) is 0 Å². The van der Waals surface area contributed by atoms with E-state index in [2.05, 4.69) is 15.3 Å². The van der Waals surface area contributed by atoms with Crippen LogP contribution in [0.5, 0.6) is 0 Å². The van der Waals surface area contributed by atoms with E-state index in [1.54, 1.807) is 12.3 Å². The first-order valence-electron chi connectivity index (χ1n) is 7.98. The Bertz CT molecular complexity index is 835. The molecule has 3 rings (SSSR count). The number of carbonyl (C=O) groups is 1. The van der Waals surface area contributed by atoms with Crippen LogP contribution >= 0.6 is 11.8 Å². The maximum Gasteiger partial charge on any atom is 0.231 e. The molecule has 0 aliphatic rings. The van der Waals surface area contributed by atoms with Crippen molar-refractivity contribution >= 4 is 17.7 Å². The van der Waals surface area contributed by atoms with E-state index >= 15 is 0 Å². The molecule has 0 unspecified atom stereocenters. The number of nitrogens with one attached hydrogen (secondary N) is 1. The van der Waals surface area contributed by atoms with E-state index in [0.29, 0.717) is 5.16 Å². The number of hydrogen-bond acceptors (Lipinski definition) is 5. The predicted molar refractivity (Wildman–Crippen MR) is 98.2 cm³/mol. The molecule has 2 aromatic heterocycles. The molecule has 2 heterocycles.